The Labute approximate surface area is 149 Å². The fraction of sp³-hybridized carbons (Fsp3) is 0.476. The fourth-order valence-corrected chi connectivity index (χ4v) is 5.11. The molecule has 0 radical (unpaired) electrons. The van der Waals surface area contributed by atoms with E-state index >= 15 is 0 Å². The van der Waals surface area contributed by atoms with Crippen molar-refractivity contribution in [3.05, 3.63) is 53.1 Å². The summed E-state index contributed by atoms with van der Waals surface area (Å²) in [5.41, 5.74) is 1.51. The summed E-state index contributed by atoms with van der Waals surface area (Å²) < 4.78 is 0. The van der Waals surface area contributed by atoms with Gasteiger partial charge in [0.15, 0.2) is 0 Å². The van der Waals surface area contributed by atoms with Crippen LogP contribution in [-0.2, 0) is 0 Å². The summed E-state index contributed by atoms with van der Waals surface area (Å²) in [6.07, 6.45) is 17.4. The molecule has 126 valence electrons. The average Bonchev–Trinajstić information content (AvgIpc) is 2.91. The number of rotatable bonds is 3. The van der Waals surface area contributed by atoms with E-state index in [0.29, 0.717) is 6.04 Å². The van der Waals surface area contributed by atoms with Crippen LogP contribution in [0.3, 0.4) is 0 Å². The monoisotopic (exact) mass is 338 g/mol. The molecule has 1 aromatic carbocycles. The minimum atomic E-state index is 0.647. The highest BCUT2D eigenvalue weighted by molar-refractivity contribution is 8.03. The first-order valence-corrected chi connectivity index (χ1v) is 10.1. The number of fused-ring (bicyclic) bond motifs is 1. The minimum Gasteiger partial charge on any atom is -0.293 e. The Morgan fingerprint density at radius 2 is 1.88 bits per heavy atom. The molecule has 1 aromatic rings. The first-order chi connectivity index (χ1) is 11.9. The van der Waals surface area contributed by atoms with Gasteiger partial charge in [-0.2, -0.15) is 0 Å². The van der Waals surface area contributed by atoms with Crippen molar-refractivity contribution in [2.24, 2.45) is 4.99 Å². The molecule has 0 N–H and O–H groups in total. The topological polar surface area (TPSA) is 15.6 Å². The van der Waals surface area contributed by atoms with Crippen molar-refractivity contribution in [2.45, 2.75) is 61.9 Å². The van der Waals surface area contributed by atoms with Crippen molar-refractivity contribution in [1.82, 2.24) is 4.90 Å². The van der Waals surface area contributed by atoms with Gasteiger partial charge >= 0.3 is 0 Å². The summed E-state index contributed by atoms with van der Waals surface area (Å²) in [4.78, 5) is 9.60. The second-order valence-corrected chi connectivity index (χ2v) is 8.14. The molecule has 2 fully saturated rings. The van der Waals surface area contributed by atoms with Crippen molar-refractivity contribution in [3.63, 3.8) is 0 Å². The largest absolute Gasteiger partial charge is 0.293 e. The van der Waals surface area contributed by atoms with Crippen LogP contribution in [0.2, 0.25) is 0 Å². The van der Waals surface area contributed by atoms with Crippen molar-refractivity contribution in [2.75, 3.05) is 6.54 Å². The van der Waals surface area contributed by atoms with E-state index < -0.39 is 0 Å². The molecule has 3 heteroatoms. The number of hydrogen-bond donors (Lipinski definition) is 0. The third kappa shape index (κ3) is 3.68. The summed E-state index contributed by atoms with van der Waals surface area (Å²) in [5.74, 6) is 0. The standard InChI is InChI=1S/C21H26N2S/c1-2-16-23-18(5-1)6-3-8-21(23)17-9-11-20(12-10-17)24-19-7-4-14-22-15-13-19/h7,9-15,18,21H,1-6,8,16H2. The number of aliphatic imine (C=N–C) groups is 1. The van der Waals surface area contributed by atoms with Gasteiger partial charge in [-0.15, -0.1) is 0 Å². The lowest BCUT2D eigenvalue weighted by molar-refractivity contribution is 0.0518. The summed E-state index contributed by atoms with van der Waals surface area (Å²) in [6.45, 7) is 1.30. The Hall–Kier alpha value is -1.32. The highest BCUT2D eigenvalue weighted by Crippen LogP contribution is 2.39. The van der Waals surface area contributed by atoms with Crippen LogP contribution in [0, 0.1) is 0 Å². The maximum atomic E-state index is 4.20. The van der Waals surface area contributed by atoms with Crippen molar-refractivity contribution in [1.29, 1.82) is 0 Å². The lowest BCUT2D eigenvalue weighted by Gasteiger charge is -2.45. The van der Waals surface area contributed by atoms with E-state index in [2.05, 4.69) is 46.3 Å². The molecule has 2 atom stereocenters. The molecule has 0 aliphatic carbocycles. The predicted molar refractivity (Wildman–Crippen MR) is 104 cm³/mol. The summed E-state index contributed by atoms with van der Waals surface area (Å²) in [5, 5.41) is 0. The molecule has 2 unspecified atom stereocenters. The first kappa shape index (κ1) is 16.2. The highest BCUT2D eigenvalue weighted by Gasteiger charge is 2.32. The molecule has 2 nitrogen and oxygen atoms in total. The van der Waals surface area contributed by atoms with E-state index in [1.165, 1.54) is 60.4 Å². The molecule has 0 saturated carbocycles. The Balaban J connectivity index is 1.46. The number of nitrogens with zero attached hydrogens (tertiary/aromatic N) is 2. The maximum absolute atomic E-state index is 4.20. The van der Waals surface area contributed by atoms with Gasteiger partial charge in [-0.1, -0.05) is 36.4 Å². The van der Waals surface area contributed by atoms with Gasteiger partial charge in [0.1, 0.15) is 0 Å². The smallest absolute Gasteiger partial charge is 0.0351 e. The Bertz CT molecular complexity index is 642. The summed E-state index contributed by atoms with van der Waals surface area (Å²) in [6, 6.07) is 10.8. The number of benzene rings is 1. The fourth-order valence-electron chi connectivity index (χ4n) is 4.26. The van der Waals surface area contributed by atoms with Gasteiger partial charge in [-0.3, -0.25) is 9.89 Å². The molecule has 4 rings (SSSR count). The average molecular weight is 339 g/mol. The number of hydrogen-bond acceptors (Lipinski definition) is 3. The van der Waals surface area contributed by atoms with Crippen molar-refractivity contribution in [3.8, 4) is 0 Å². The number of thioether (sulfide) groups is 1. The lowest BCUT2D eigenvalue weighted by Crippen LogP contribution is -2.44. The molecular formula is C21H26N2S. The zero-order valence-electron chi connectivity index (χ0n) is 14.2. The van der Waals surface area contributed by atoms with Gasteiger partial charge in [-0.05, 0) is 62.4 Å². The van der Waals surface area contributed by atoms with Gasteiger partial charge in [-0.25, -0.2) is 0 Å². The normalized spacial score (nSPS) is 27.4. The van der Waals surface area contributed by atoms with E-state index in [-0.39, 0.29) is 0 Å². The van der Waals surface area contributed by atoms with E-state index in [9.17, 15) is 0 Å². The summed E-state index contributed by atoms with van der Waals surface area (Å²) >= 11 is 1.84. The van der Waals surface area contributed by atoms with Crippen LogP contribution < -0.4 is 0 Å². The van der Waals surface area contributed by atoms with E-state index in [1.54, 1.807) is 0 Å². The lowest BCUT2D eigenvalue weighted by atomic mass is 9.86. The molecule has 0 spiro atoms. The molecule has 0 aromatic heterocycles. The Morgan fingerprint density at radius 1 is 1.00 bits per heavy atom. The predicted octanol–water partition coefficient (Wildman–Crippen LogP) is 5.73. The number of allylic oxidation sites excluding steroid dienone is 2. The molecule has 0 bridgehead atoms. The van der Waals surface area contributed by atoms with Gasteiger partial charge in [0, 0.05) is 40.7 Å². The van der Waals surface area contributed by atoms with Crippen LogP contribution in [0.5, 0.6) is 0 Å². The third-order valence-corrected chi connectivity index (χ3v) is 6.49. The molecule has 24 heavy (non-hydrogen) atoms. The second kappa shape index (κ2) is 7.71. The molecule has 3 aliphatic heterocycles. The van der Waals surface area contributed by atoms with Gasteiger partial charge < -0.3 is 0 Å². The van der Waals surface area contributed by atoms with Crippen LogP contribution >= 0.6 is 11.8 Å². The van der Waals surface area contributed by atoms with Crippen LogP contribution in [0.1, 0.15) is 56.6 Å². The second-order valence-electron chi connectivity index (χ2n) is 6.99. The minimum absolute atomic E-state index is 0.647. The van der Waals surface area contributed by atoms with Gasteiger partial charge in [0.05, 0.1) is 0 Å². The number of piperidine rings is 2. The molecule has 0 amide bonds. The highest BCUT2D eigenvalue weighted by atomic mass is 32.2. The Kier molecular flexibility index (Phi) is 5.19. The van der Waals surface area contributed by atoms with E-state index in [4.69, 9.17) is 0 Å². The van der Waals surface area contributed by atoms with Crippen LogP contribution in [0.4, 0.5) is 0 Å². The SMILES string of the molecule is C1=CC(Sc2ccc(C3CCCC4CCCCN43)cc2)=CCC=N1. The third-order valence-electron chi connectivity index (χ3n) is 5.44. The van der Waals surface area contributed by atoms with Crippen molar-refractivity contribution >= 4 is 18.0 Å². The first-order valence-electron chi connectivity index (χ1n) is 9.32. The van der Waals surface area contributed by atoms with Crippen LogP contribution in [0.15, 0.2) is 57.4 Å². The van der Waals surface area contributed by atoms with Crippen LogP contribution in [0.25, 0.3) is 0 Å². The van der Waals surface area contributed by atoms with Crippen LogP contribution in [-0.4, -0.2) is 23.7 Å². The molecule has 3 heterocycles. The molecule has 3 aliphatic rings. The van der Waals surface area contributed by atoms with E-state index in [1.807, 2.05) is 24.2 Å². The zero-order chi connectivity index (χ0) is 16.2. The Morgan fingerprint density at radius 3 is 2.79 bits per heavy atom. The van der Waals surface area contributed by atoms with Gasteiger partial charge in [0.25, 0.3) is 0 Å². The van der Waals surface area contributed by atoms with Crippen molar-refractivity contribution < 1.29 is 0 Å². The molecule has 2 saturated heterocycles. The van der Waals surface area contributed by atoms with E-state index in [0.717, 1.165) is 12.5 Å². The maximum Gasteiger partial charge on any atom is 0.0351 e. The summed E-state index contributed by atoms with van der Waals surface area (Å²) in [7, 11) is 0. The quantitative estimate of drug-likeness (QED) is 0.699. The zero-order valence-corrected chi connectivity index (χ0v) is 15.0. The molecular weight excluding hydrogens is 312 g/mol. The van der Waals surface area contributed by atoms with Gasteiger partial charge in [0.2, 0.25) is 0 Å².